The van der Waals surface area contributed by atoms with Gasteiger partial charge in [0.05, 0.1) is 13.2 Å². The summed E-state index contributed by atoms with van der Waals surface area (Å²) >= 11 is 0. The molecular formula is C11H18O2. The second-order valence-electron chi connectivity index (χ2n) is 4.36. The average molecular weight is 182 g/mol. The molecule has 2 heteroatoms. The largest absolute Gasteiger partial charge is 0.352 e. The zero-order valence-electron chi connectivity index (χ0n) is 8.45. The maximum Gasteiger partial charge on any atom is 0.154 e. The van der Waals surface area contributed by atoms with E-state index in [9.17, 15) is 0 Å². The number of allylic oxidation sites excluding steroid dienone is 2. The zero-order chi connectivity index (χ0) is 9.31. The van der Waals surface area contributed by atoms with Gasteiger partial charge in [0, 0.05) is 5.41 Å². The Morgan fingerprint density at radius 2 is 1.85 bits per heavy atom. The van der Waals surface area contributed by atoms with E-state index in [0.29, 0.717) is 5.92 Å². The fourth-order valence-electron chi connectivity index (χ4n) is 2.13. The normalized spacial score (nSPS) is 45.4. The predicted molar refractivity (Wildman–Crippen MR) is 51.3 cm³/mol. The van der Waals surface area contributed by atoms with Crippen molar-refractivity contribution in [3.05, 3.63) is 12.2 Å². The Bertz CT molecular complexity index is 202. The zero-order valence-corrected chi connectivity index (χ0v) is 8.45. The smallest absolute Gasteiger partial charge is 0.154 e. The van der Waals surface area contributed by atoms with Gasteiger partial charge in [-0.1, -0.05) is 19.1 Å². The van der Waals surface area contributed by atoms with Crippen molar-refractivity contribution < 1.29 is 9.47 Å². The van der Waals surface area contributed by atoms with Crippen molar-refractivity contribution in [1.82, 2.24) is 0 Å². The summed E-state index contributed by atoms with van der Waals surface area (Å²) in [6, 6.07) is 0. The molecule has 1 unspecified atom stereocenters. The molecule has 13 heavy (non-hydrogen) atoms. The van der Waals surface area contributed by atoms with Crippen LogP contribution in [0, 0.1) is 11.3 Å². The topological polar surface area (TPSA) is 18.5 Å². The van der Waals surface area contributed by atoms with Gasteiger partial charge in [0.25, 0.3) is 0 Å². The minimum atomic E-state index is -0.0104. The fraction of sp³-hybridized carbons (Fsp3) is 0.818. The Balaban J connectivity index is 2.07. The molecule has 0 saturated carbocycles. The molecule has 1 aliphatic heterocycles. The Labute approximate surface area is 79.9 Å². The van der Waals surface area contributed by atoms with Crippen molar-refractivity contribution >= 4 is 0 Å². The molecule has 0 radical (unpaired) electrons. The minimum Gasteiger partial charge on any atom is -0.352 e. The number of ether oxygens (including phenoxy) is 2. The minimum absolute atomic E-state index is 0.0104. The van der Waals surface area contributed by atoms with Crippen molar-refractivity contribution in [3.8, 4) is 0 Å². The molecule has 0 amide bonds. The van der Waals surface area contributed by atoms with Crippen LogP contribution in [-0.2, 0) is 9.47 Å². The van der Waals surface area contributed by atoms with Gasteiger partial charge < -0.3 is 9.47 Å². The van der Waals surface area contributed by atoms with Crippen LogP contribution in [0.3, 0.4) is 0 Å². The summed E-state index contributed by atoms with van der Waals surface area (Å²) in [6.07, 6.45) is 6.81. The monoisotopic (exact) mass is 182 g/mol. The van der Waals surface area contributed by atoms with Crippen molar-refractivity contribution in [3.63, 3.8) is 0 Å². The summed E-state index contributed by atoms with van der Waals surface area (Å²) in [4.78, 5) is 0. The van der Waals surface area contributed by atoms with E-state index in [1.165, 1.54) is 6.42 Å². The molecule has 1 saturated heterocycles. The van der Waals surface area contributed by atoms with Crippen molar-refractivity contribution in [2.24, 2.45) is 11.3 Å². The van der Waals surface area contributed by atoms with Gasteiger partial charge in [-0.2, -0.15) is 0 Å². The van der Waals surface area contributed by atoms with E-state index in [4.69, 9.17) is 9.47 Å². The molecule has 2 rings (SSSR count). The van der Waals surface area contributed by atoms with E-state index in [2.05, 4.69) is 19.1 Å². The maximum absolute atomic E-state index is 5.59. The lowest BCUT2D eigenvalue weighted by atomic mass is 9.70. The molecule has 1 aliphatic carbocycles. The predicted octanol–water partition coefficient (Wildman–Crippen LogP) is 2.35. The van der Waals surface area contributed by atoms with Crippen molar-refractivity contribution in [2.75, 3.05) is 13.2 Å². The molecule has 2 nitrogen and oxygen atoms in total. The van der Waals surface area contributed by atoms with Crippen molar-refractivity contribution in [2.45, 2.75) is 33.0 Å². The van der Waals surface area contributed by atoms with Crippen molar-refractivity contribution in [1.29, 1.82) is 0 Å². The lowest BCUT2D eigenvalue weighted by Crippen LogP contribution is -2.45. The van der Waals surface area contributed by atoms with Gasteiger partial charge in [0.15, 0.2) is 6.29 Å². The SMILES string of the molecule is CC1OCC2(CC=CCC2C)CO1. The highest BCUT2D eigenvalue weighted by Crippen LogP contribution is 2.41. The highest BCUT2D eigenvalue weighted by atomic mass is 16.7. The number of hydrogen-bond donors (Lipinski definition) is 0. The van der Waals surface area contributed by atoms with Crippen LogP contribution in [0.2, 0.25) is 0 Å². The molecule has 0 aromatic carbocycles. The summed E-state index contributed by atoms with van der Waals surface area (Å²) < 4.78 is 11.2. The summed E-state index contributed by atoms with van der Waals surface area (Å²) in [6.45, 7) is 5.99. The third-order valence-corrected chi connectivity index (χ3v) is 3.44. The Morgan fingerprint density at radius 3 is 2.46 bits per heavy atom. The quantitative estimate of drug-likeness (QED) is 0.535. The van der Waals surface area contributed by atoms with Crippen LogP contribution < -0.4 is 0 Å². The van der Waals surface area contributed by atoms with E-state index >= 15 is 0 Å². The molecular weight excluding hydrogens is 164 g/mol. The van der Waals surface area contributed by atoms with Crippen LogP contribution in [0.25, 0.3) is 0 Å². The first kappa shape index (κ1) is 9.22. The van der Waals surface area contributed by atoms with E-state index in [1.807, 2.05) is 6.92 Å². The summed E-state index contributed by atoms with van der Waals surface area (Å²) in [5.41, 5.74) is 0.265. The van der Waals surface area contributed by atoms with E-state index in [0.717, 1.165) is 19.6 Å². The first-order valence-corrected chi connectivity index (χ1v) is 5.11. The maximum atomic E-state index is 5.59. The molecule has 1 spiro atoms. The third-order valence-electron chi connectivity index (χ3n) is 3.44. The molecule has 0 N–H and O–H groups in total. The van der Waals surface area contributed by atoms with Crippen LogP contribution in [0.4, 0.5) is 0 Å². The summed E-state index contributed by atoms with van der Waals surface area (Å²) in [7, 11) is 0. The molecule has 0 bridgehead atoms. The molecule has 1 atom stereocenters. The van der Waals surface area contributed by atoms with Gasteiger partial charge >= 0.3 is 0 Å². The molecule has 2 aliphatic rings. The van der Waals surface area contributed by atoms with Gasteiger partial charge in [-0.25, -0.2) is 0 Å². The van der Waals surface area contributed by atoms with Crippen LogP contribution >= 0.6 is 0 Å². The number of rotatable bonds is 0. The Kier molecular flexibility index (Phi) is 2.43. The molecule has 1 fully saturated rings. The third kappa shape index (κ3) is 1.65. The molecule has 74 valence electrons. The first-order chi connectivity index (χ1) is 6.23. The lowest BCUT2D eigenvalue weighted by Gasteiger charge is -2.44. The van der Waals surface area contributed by atoms with E-state index < -0.39 is 0 Å². The molecule has 1 heterocycles. The van der Waals surface area contributed by atoms with Crippen LogP contribution in [0.5, 0.6) is 0 Å². The second kappa shape index (κ2) is 3.43. The fourth-order valence-corrected chi connectivity index (χ4v) is 2.13. The van der Waals surface area contributed by atoms with Gasteiger partial charge in [0.1, 0.15) is 0 Å². The lowest BCUT2D eigenvalue weighted by molar-refractivity contribution is -0.232. The Morgan fingerprint density at radius 1 is 1.15 bits per heavy atom. The molecule has 0 aromatic heterocycles. The van der Waals surface area contributed by atoms with Gasteiger partial charge in [-0.05, 0) is 25.7 Å². The Hall–Kier alpha value is -0.340. The highest BCUT2D eigenvalue weighted by Gasteiger charge is 2.40. The standard InChI is InChI=1S/C11H18O2/c1-9-5-3-4-6-11(9)7-12-10(2)13-8-11/h3-4,9-10H,5-8H2,1-2H3. The van der Waals surface area contributed by atoms with Crippen LogP contribution in [-0.4, -0.2) is 19.5 Å². The molecule has 0 aromatic rings. The van der Waals surface area contributed by atoms with Crippen LogP contribution in [0.1, 0.15) is 26.7 Å². The highest BCUT2D eigenvalue weighted by molar-refractivity contribution is 5.02. The summed E-state index contributed by atoms with van der Waals surface area (Å²) in [5.74, 6) is 0.685. The second-order valence-corrected chi connectivity index (χ2v) is 4.36. The average Bonchev–Trinajstić information content (AvgIpc) is 2.15. The van der Waals surface area contributed by atoms with E-state index in [-0.39, 0.29) is 11.7 Å². The van der Waals surface area contributed by atoms with Gasteiger partial charge in [-0.15, -0.1) is 0 Å². The summed E-state index contributed by atoms with van der Waals surface area (Å²) in [5, 5.41) is 0. The van der Waals surface area contributed by atoms with E-state index in [1.54, 1.807) is 0 Å². The van der Waals surface area contributed by atoms with Crippen LogP contribution in [0.15, 0.2) is 12.2 Å². The van der Waals surface area contributed by atoms with Gasteiger partial charge in [-0.3, -0.25) is 0 Å². The first-order valence-electron chi connectivity index (χ1n) is 5.11. The van der Waals surface area contributed by atoms with Gasteiger partial charge in [0.2, 0.25) is 0 Å². The number of hydrogen-bond acceptors (Lipinski definition) is 2.